The van der Waals surface area contributed by atoms with E-state index in [1.165, 1.54) is 57.8 Å². The molecule has 0 unspecified atom stereocenters. The second-order valence-corrected chi connectivity index (χ2v) is 6.50. The maximum atomic E-state index is 11.3. The first-order valence-corrected chi connectivity index (χ1v) is 9.80. The van der Waals surface area contributed by atoms with E-state index in [0.29, 0.717) is 6.42 Å². The summed E-state index contributed by atoms with van der Waals surface area (Å²) in [7, 11) is 0. The van der Waals surface area contributed by atoms with Gasteiger partial charge >= 0.3 is 5.97 Å². The van der Waals surface area contributed by atoms with E-state index in [-0.39, 0.29) is 42.0 Å². The first-order chi connectivity index (χ1) is 11.7. The van der Waals surface area contributed by atoms with E-state index < -0.39 is 5.97 Å². The number of hydrogen-bond acceptors (Lipinski definition) is 2. The summed E-state index contributed by atoms with van der Waals surface area (Å²) in [5.74, 6) is -1.15. The number of carbonyl (C=O) groups excluding carboxylic acids is 1. The second kappa shape index (κ2) is 21.7. The van der Waals surface area contributed by atoms with Crippen LogP contribution in [0.25, 0.3) is 0 Å². The molecule has 0 rings (SSSR count). The van der Waals surface area contributed by atoms with E-state index in [4.69, 9.17) is 5.11 Å². The Morgan fingerprint density at radius 3 is 1.80 bits per heavy atom. The van der Waals surface area contributed by atoms with Gasteiger partial charge in [-0.3, -0.25) is 9.59 Å². The third-order valence-corrected chi connectivity index (χ3v) is 4.10. The van der Waals surface area contributed by atoms with E-state index in [0.717, 1.165) is 25.7 Å². The number of amides is 1. The second-order valence-electron chi connectivity index (χ2n) is 6.50. The van der Waals surface area contributed by atoms with Crippen LogP contribution in [-0.2, 0) is 9.59 Å². The fourth-order valence-corrected chi connectivity index (χ4v) is 2.62. The molecule has 0 atom stereocenters. The number of nitrogens with one attached hydrogen (secondary N) is 1. The first kappa shape index (κ1) is 26.9. The number of allylic oxidation sites excluding steroid dienone is 2. The normalized spacial score (nSPS) is 10.6. The topological polar surface area (TPSA) is 66.4 Å². The van der Waals surface area contributed by atoms with Gasteiger partial charge in [0.2, 0.25) is 5.91 Å². The summed E-state index contributed by atoms with van der Waals surface area (Å²) in [6.45, 7) is 1.98. The first-order valence-electron chi connectivity index (χ1n) is 9.80. The summed E-state index contributed by atoms with van der Waals surface area (Å²) >= 11 is 0. The summed E-state index contributed by atoms with van der Waals surface area (Å²) in [6, 6.07) is 0. The van der Waals surface area contributed by atoms with Crippen molar-refractivity contribution in [3.05, 3.63) is 12.2 Å². The zero-order valence-electron chi connectivity index (χ0n) is 16.5. The molecule has 0 saturated carbocycles. The van der Waals surface area contributed by atoms with Crippen LogP contribution in [-0.4, -0.2) is 53.1 Å². The quantitative estimate of drug-likeness (QED) is 0.221. The molecule has 0 aliphatic carbocycles. The van der Waals surface area contributed by atoms with Crippen molar-refractivity contribution in [3.8, 4) is 0 Å². The molecule has 2 N–H and O–H groups in total. The van der Waals surface area contributed by atoms with Crippen molar-refractivity contribution >= 4 is 41.4 Å². The zero-order valence-corrected chi connectivity index (χ0v) is 18.5. The Morgan fingerprint density at radius 1 is 0.800 bits per heavy atom. The molecule has 25 heavy (non-hydrogen) atoms. The van der Waals surface area contributed by atoms with Gasteiger partial charge in [-0.2, -0.15) is 0 Å². The molecule has 1 amide bonds. The molecule has 0 fully saturated rings. The van der Waals surface area contributed by atoms with Crippen molar-refractivity contribution in [2.24, 2.45) is 0 Å². The molecule has 141 valence electrons. The smallest absolute Gasteiger partial charge is 0.322 e. The van der Waals surface area contributed by atoms with Crippen LogP contribution in [0.3, 0.4) is 0 Å². The van der Waals surface area contributed by atoms with Gasteiger partial charge in [-0.25, -0.2) is 0 Å². The van der Waals surface area contributed by atoms with E-state index in [2.05, 4.69) is 24.4 Å². The minimum Gasteiger partial charge on any atom is -0.480 e. The molecule has 0 aromatic carbocycles. The predicted octanol–water partition coefficient (Wildman–Crippen LogP) is 4.84. The van der Waals surface area contributed by atoms with Crippen LogP contribution in [0, 0.1) is 0 Å². The number of rotatable bonds is 17. The summed E-state index contributed by atoms with van der Waals surface area (Å²) < 4.78 is 0. The Morgan fingerprint density at radius 2 is 1.28 bits per heavy atom. The van der Waals surface area contributed by atoms with Gasteiger partial charge in [-0.05, 0) is 32.1 Å². The van der Waals surface area contributed by atoms with Crippen LogP contribution >= 0.6 is 0 Å². The van der Waals surface area contributed by atoms with Crippen molar-refractivity contribution in [2.45, 2.75) is 96.8 Å². The van der Waals surface area contributed by atoms with Crippen molar-refractivity contribution < 1.29 is 14.7 Å². The van der Waals surface area contributed by atoms with Gasteiger partial charge < -0.3 is 10.4 Å². The maximum Gasteiger partial charge on any atom is 0.322 e. The standard InChI is InChI=1S/C20H37NO3.Na/c1-2-3-4-5-6-7-8-9-10-11-12-13-14-15-16-17-19(22)21-18-20(23)24;/h9-10H,2-8,11-18H2,1H3,(H,21,22)(H,23,24);/b10-9-;. The number of carboxylic acid groups (broad SMARTS) is 1. The van der Waals surface area contributed by atoms with Gasteiger partial charge in [0, 0.05) is 36.0 Å². The van der Waals surface area contributed by atoms with Gasteiger partial charge in [0.15, 0.2) is 0 Å². The molecule has 0 heterocycles. The summed E-state index contributed by atoms with van der Waals surface area (Å²) in [5, 5.41) is 10.8. The van der Waals surface area contributed by atoms with Crippen molar-refractivity contribution in [2.75, 3.05) is 6.54 Å². The number of unbranched alkanes of at least 4 members (excludes halogenated alkanes) is 11. The summed E-state index contributed by atoms with van der Waals surface area (Å²) in [5.41, 5.74) is 0. The van der Waals surface area contributed by atoms with Crippen molar-refractivity contribution in [3.63, 3.8) is 0 Å². The van der Waals surface area contributed by atoms with Crippen molar-refractivity contribution in [1.82, 2.24) is 5.32 Å². The Hall–Kier alpha value is -0.320. The predicted molar refractivity (Wildman–Crippen MR) is 106 cm³/mol. The third kappa shape index (κ3) is 23.7. The fourth-order valence-electron chi connectivity index (χ4n) is 2.62. The SMILES string of the molecule is CCCCCCCC/C=C\CCCCCCCC(=O)NCC(=O)O.[Na]. The molecule has 0 aromatic heterocycles. The van der Waals surface area contributed by atoms with E-state index >= 15 is 0 Å². The molecule has 1 radical (unpaired) electrons. The molecular formula is C20H37NNaO3. The van der Waals surface area contributed by atoms with Gasteiger partial charge in [0.25, 0.3) is 0 Å². The number of carboxylic acids is 1. The Balaban J connectivity index is 0. The molecule has 5 heteroatoms. The zero-order chi connectivity index (χ0) is 17.9. The Labute approximate surface area is 176 Å². The maximum absolute atomic E-state index is 11.3. The van der Waals surface area contributed by atoms with Crippen LogP contribution in [0.1, 0.15) is 96.8 Å². The van der Waals surface area contributed by atoms with Crippen molar-refractivity contribution in [1.29, 1.82) is 0 Å². The molecular weight excluding hydrogens is 325 g/mol. The van der Waals surface area contributed by atoms with Crippen LogP contribution in [0.15, 0.2) is 12.2 Å². The van der Waals surface area contributed by atoms with Gasteiger partial charge in [0.1, 0.15) is 6.54 Å². The fraction of sp³-hybridized carbons (Fsp3) is 0.800. The van der Waals surface area contributed by atoms with E-state index in [1.807, 2.05) is 0 Å². The largest absolute Gasteiger partial charge is 0.480 e. The summed E-state index contributed by atoms with van der Waals surface area (Å²) in [4.78, 5) is 21.6. The van der Waals surface area contributed by atoms with Gasteiger partial charge in [-0.1, -0.05) is 70.4 Å². The van der Waals surface area contributed by atoms with Gasteiger partial charge in [0.05, 0.1) is 0 Å². The molecule has 0 bridgehead atoms. The third-order valence-electron chi connectivity index (χ3n) is 4.10. The van der Waals surface area contributed by atoms with E-state index in [9.17, 15) is 9.59 Å². The number of hydrogen-bond donors (Lipinski definition) is 2. The van der Waals surface area contributed by atoms with Crippen LogP contribution in [0.2, 0.25) is 0 Å². The molecule has 0 aliphatic heterocycles. The number of aliphatic carboxylic acids is 1. The van der Waals surface area contributed by atoms with Crippen LogP contribution in [0.5, 0.6) is 0 Å². The summed E-state index contributed by atoms with van der Waals surface area (Å²) in [6.07, 6.45) is 21.1. The van der Waals surface area contributed by atoms with Crippen LogP contribution in [0.4, 0.5) is 0 Å². The molecule has 0 spiro atoms. The minimum absolute atomic E-state index is 0. The molecule has 4 nitrogen and oxygen atoms in total. The Bertz CT molecular complexity index is 346. The Kier molecular flexibility index (Phi) is 23.4. The monoisotopic (exact) mass is 362 g/mol. The molecule has 0 saturated heterocycles. The molecule has 0 aromatic rings. The van der Waals surface area contributed by atoms with Gasteiger partial charge in [-0.15, -0.1) is 0 Å². The average Bonchev–Trinajstić information content (AvgIpc) is 2.56. The average molecular weight is 363 g/mol. The molecule has 0 aliphatic rings. The van der Waals surface area contributed by atoms with E-state index in [1.54, 1.807) is 0 Å². The number of carbonyl (C=O) groups is 2. The minimum atomic E-state index is -0.993. The van der Waals surface area contributed by atoms with Crippen LogP contribution < -0.4 is 5.32 Å².